The van der Waals surface area contributed by atoms with E-state index >= 15 is 0 Å². The highest BCUT2D eigenvalue weighted by atomic mass is 16.5. The van der Waals surface area contributed by atoms with Gasteiger partial charge < -0.3 is 14.5 Å². The van der Waals surface area contributed by atoms with Crippen LogP contribution in [0.2, 0.25) is 0 Å². The number of hydrogen-bond acceptors (Lipinski definition) is 4. The highest BCUT2D eigenvalue weighted by molar-refractivity contribution is 5.20. The summed E-state index contributed by atoms with van der Waals surface area (Å²) in [4.78, 5) is 2.26. The third kappa shape index (κ3) is 5.59. The minimum atomic E-state index is 0.720. The number of ether oxygens (including phenoxy) is 1. The largest absolute Gasteiger partial charge is 0.463 e. The first-order valence-corrected chi connectivity index (χ1v) is 6.82. The fraction of sp³-hybridized carbons (Fsp3) is 0.600. The molecule has 0 aliphatic heterocycles. The molecule has 0 saturated carbocycles. The Morgan fingerprint density at radius 1 is 1.53 bits per heavy atom. The molecule has 1 rings (SSSR count). The van der Waals surface area contributed by atoms with Crippen LogP contribution in [0.15, 0.2) is 23.1 Å². The second-order valence-electron chi connectivity index (χ2n) is 4.62. The third-order valence-electron chi connectivity index (χ3n) is 2.99. The van der Waals surface area contributed by atoms with Gasteiger partial charge in [0.1, 0.15) is 11.5 Å². The van der Waals surface area contributed by atoms with E-state index in [0.717, 1.165) is 50.9 Å². The number of methoxy groups -OCH3 is 1. The lowest BCUT2D eigenvalue weighted by Gasteiger charge is -2.18. The second-order valence-corrected chi connectivity index (χ2v) is 4.62. The molecule has 1 aromatic heterocycles. The van der Waals surface area contributed by atoms with Gasteiger partial charge in [-0.25, -0.2) is 0 Å². The summed E-state index contributed by atoms with van der Waals surface area (Å²) < 4.78 is 11.0. The zero-order chi connectivity index (χ0) is 14.1. The van der Waals surface area contributed by atoms with Crippen LogP contribution in [0.1, 0.15) is 24.0 Å². The van der Waals surface area contributed by atoms with E-state index in [4.69, 9.17) is 9.15 Å². The topological polar surface area (TPSA) is 37.6 Å². The van der Waals surface area contributed by atoms with Crippen molar-refractivity contribution in [3.63, 3.8) is 0 Å². The lowest BCUT2D eigenvalue weighted by molar-refractivity contribution is 0.146. The number of furan rings is 1. The van der Waals surface area contributed by atoms with Crippen LogP contribution in [-0.4, -0.2) is 38.3 Å². The molecule has 0 bridgehead atoms. The average Bonchev–Trinajstić information content (AvgIpc) is 2.74. The zero-order valence-corrected chi connectivity index (χ0v) is 12.4. The molecule has 0 aliphatic carbocycles. The number of aryl methyl sites for hydroxylation is 1. The smallest absolute Gasteiger partial charge is 0.120 e. The zero-order valence-electron chi connectivity index (χ0n) is 12.4. The summed E-state index contributed by atoms with van der Waals surface area (Å²) in [5, 5.41) is 3.29. The Morgan fingerprint density at radius 2 is 2.32 bits per heavy atom. The molecule has 0 aromatic carbocycles. The normalized spacial score (nSPS) is 11.2. The van der Waals surface area contributed by atoms with Crippen molar-refractivity contribution in [3.05, 3.63) is 35.8 Å². The van der Waals surface area contributed by atoms with E-state index in [2.05, 4.69) is 36.7 Å². The van der Waals surface area contributed by atoms with Crippen molar-refractivity contribution in [1.82, 2.24) is 10.2 Å². The molecule has 1 aromatic rings. The molecule has 0 unspecified atom stereocenters. The van der Waals surface area contributed by atoms with Crippen LogP contribution < -0.4 is 5.32 Å². The van der Waals surface area contributed by atoms with E-state index in [1.807, 2.05) is 6.08 Å². The maximum absolute atomic E-state index is 5.89. The number of nitrogens with one attached hydrogen (secondary N) is 1. The molecule has 0 spiro atoms. The van der Waals surface area contributed by atoms with Gasteiger partial charge in [-0.05, 0) is 25.1 Å². The third-order valence-corrected chi connectivity index (χ3v) is 2.99. The van der Waals surface area contributed by atoms with E-state index in [1.165, 1.54) is 5.56 Å². The van der Waals surface area contributed by atoms with Gasteiger partial charge in [-0.2, -0.15) is 0 Å². The van der Waals surface area contributed by atoms with Gasteiger partial charge in [-0.3, -0.25) is 4.90 Å². The summed E-state index contributed by atoms with van der Waals surface area (Å²) in [5.74, 6) is 2.03. The molecule has 0 radical (unpaired) electrons. The first-order valence-electron chi connectivity index (χ1n) is 6.82. The summed E-state index contributed by atoms with van der Waals surface area (Å²) in [7, 11) is 1.72. The SMILES string of the molecule is C=CCN(CCOC)Cc1cc(C)c(CNCC)o1. The minimum absolute atomic E-state index is 0.720. The molecule has 0 fully saturated rings. The number of rotatable bonds is 10. The van der Waals surface area contributed by atoms with Crippen LogP contribution in [0.3, 0.4) is 0 Å². The summed E-state index contributed by atoms with van der Waals surface area (Å²) in [5.41, 5.74) is 1.21. The Kier molecular flexibility index (Phi) is 7.48. The number of nitrogens with zero attached hydrogens (tertiary/aromatic N) is 1. The van der Waals surface area contributed by atoms with Gasteiger partial charge in [0, 0.05) is 20.2 Å². The number of hydrogen-bond donors (Lipinski definition) is 1. The maximum atomic E-state index is 5.89. The molecule has 1 N–H and O–H groups in total. The van der Waals surface area contributed by atoms with E-state index < -0.39 is 0 Å². The molecule has 0 atom stereocenters. The van der Waals surface area contributed by atoms with Crippen LogP contribution in [0, 0.1) is 6.92 Å². The molecule has 108 valence electrons. The molecule has 1 heterocycles. The van der Waals surface area contributed by atoms with E-state index in [-0.39, 0.29) is 0 Å². The maximum Gasteiger partial charge on any atom is 0.120 e. The van der Waals surface area contributed by atoms with Crippen molar-refractivity contribution in [1.29, 1.82) is 0 Å². The predicted octanol–water partition coefficient (Wildman–Crippen LogP) is 2.33. The summed E-state index contributed by atoms with van der Waals surface area (Å²) in [6, 6.07) is 2.12. The lowest BCUT2D eigenvalue weighted by atomic mass is 10.2. The Bertz CT molecular complexity index is 374. The molecular weight excluding hydrogens is 240 g/mol. The average molecular weight is 266 g/mol. The summed E-state index contributed by atoms with van der Waals surface area (Å²) in [6.07, 6.45) is 1.91. The van der Waals surface area contributed by atoms with Gasteiger partial charge >= 0.3 is 0 Å². The quantitative estimate of drug-likeness (QED) is 0.660. The Labute approximate surface area is 116 Å². The first-order chi connectivity index (χ1) is 9.21. The van der Waals surface area contributed by atoms with E-state index in [1.54, 1.807) is 7.11 Å². The van der Waals surface area contributed by atoms with Crippen LogP contribution >= 0.6 is 0 Å². The summed E-state index contributed by atoms with van der Waals surface area (Å²) >= 11 is 0. The highest BCUT2D eigenvalue weighted by Gasteiger charge is 2.10. The van der Waals surface area contributed by atoms with Crippen molar-refractivity contribution in [2.24, 2.45) is 0 Å². The summed E-state index contributed by atoms with van der Waals surface area (Å²) in [6.45, 7) is 12.9. The van der Waals surface area contributed by atoms with Crippen molar-refractivity contribution in [2.45, 2.75) is 26.9 Å². The highest BCUT2D eigenvalue weighted by Crippen LogP contribution is 2.16. The van der Waals surface area contributed by atoms with E-state index in [9.17, 15) is 0 Å². The van der Waals surface area contributed by atoms with Crippen LogP contribution in [0.4, 0.5) is 0 Å². The molecular formula is C15H26N2O2. The molecule has 19 heavy (non-hydrogen) atoms. The van der Waals surface area contributed by atoms with Gasteiger partial charge in [0.25, 0.3) is 0 Å². The van der Waals surface area contributed by atoms with Crippen LogP contribution in [0.5, 0.6) is 0 Å². The van der Waals surface area contributed by atoms with Crippen molar-refractivity contribution in [3.8, 4) is 0 Å². The van der Waals surface area contributed by atoms with Crippen molar-refractivity contribution in [2.75, 3.05) is 33.4 Å². The fourth-order valence-electron chi connectivity index (χ4n) is 1.94. The molecule has 0 amide bonds. The van der Waals surface area contributed by atoms with Crippen LogP contribution in [0.25, 0.3) is 0 Å². The first kappa shape index (κ1) is 16.0. The van der Waals surface area contributed by atoms with Crippen molar-refractivity contribution >= 4 is 0 Å². The Balaban J connectivity index is 2.59. The van der Waals surface area contributed by atoms with Gasteiger partial charge in [-0.15, -0.1) is 6.58 Å². The van der Waals surface area contributed by atoms with E-state index in [0.29, 0.717) is 0 Å². The monoisotopic (exact) mass is 266 g/mol. The van der Waals surface area contributed by atoms with Gasteiger partial charge in [0.15, 0.2) is 0 Å². The fourth-order valence-corrected chi connectivity index (χ4v) is 1.94. The Hall–Kier alpha value is -1.10. The van der Waals surface area contributed by atoms with Gasteiger partial charge in [0.05, 0.1) is 19.7 Å². The Morgan fingerprint density at radius 3 is 2.95 bits per heavy atom. The molecule has 4 nitrogen and oxygen atoms in total. The molecule has 4 heteroatoms. The predicted molar refractivity (Wildman–Crippen MR) is 78.2 cm³/mol. The lowest BCUT2D eigenvalue weighted by Crippen LogP contribution is -2.26. The van der Waals surface area contributed by atoms with Gasteiger partial charge in [0.2, 0.25) is 0 Å². The standard InChI is InChI=1S/C15H26N2O2/c1-5-7-17(8-9-18-4)12-14-10-13(3)15(19-14)11-16-6-2/h5,10,16H,1,6-9,11-12H2,2-4H3. The molecule has 0 saturated heterocycles. The minimum Gasteiger partial charge on any atom is -0.463 e. The van der Waals surface area contributed by atoms with Gasteiger partial charge in [-0.1, -0.05) is 13.0 Å². The van der Waals surface area contributed by atoms with Crippen LogP contribution in [-0.2, 0) is 17.8 Å². The second kappa shape index (κ2) is 8.91. The van der Waals surface area contributed by atoms with Crippen molar-refractivity contribution < 1.29 is 9.15 Å². The molecule has 0 aliphatic rings.